The van der Waals surface area contributed by atoms with Gasteiger partial charge in [0.1, 0.15) is 16.3 Å². The van der Waals surface area contributed by atoms with Gasteiger partial charge in [-0.05, 0) is 43.7 Å². The van der Waals surface area contributed by atoms with Crippen molar-refractivity contribution in [2.75, 3.05) is 31.1 Å². The van der Waals surface area contributed by atoms with Crippen molar-refractivity contribution in [3.8, 4) is 5.75 Å². The molecule has 0 aliphatic carbocycles. The highest BCUT2D eigenvalue weighted by Gasteiger charge is 2.32. The smallest absolute Gasteiger partial charge is 0.406 e. The monoisotopic (exact) mass is 742 g/mol. The van der Waals surface area contributed by atoms with Crippen molar-refractivity contribution < 1.29 is 44.3 Å². The predicted molar refractivity (Wildman–Crippen MR) is 173 cm³/mol. The molecule has 1 aliphatic heterocycles. The molecule has 0 radical (unpaired) electrons. The van der Waals surface area contributed by atoms with Crippen molar-refractivity contribution in [1.82, 2.24) is 24.6 Å². The molecule has 1 aliphatic rings. The molecular formula is C29H33ClF6N6O4S2. The molecule has 0 unspecified atom stereocenters. The lowest BCUT2D eigenvalue weighted by Gasteiger charge is -2.33. The molecule has 4 rings (SSSR count). The van der Waals surface area contributed by atoms with Gasteiger partial charge in [-0.25, -0.2) is 18.4 Å². The van der Waals surface area contributed by atoms with Crippen LogP contribution in [0, 0.1) is 6.92 Å². The molecular weight excluding hydrogens is 710 g/mol. The molecule has 1 N–H and O–H groups in total. The average molecular weight is 743 g/mol. The Bertz CT molecular complexity index is 1700. The van der Waals surface area contributed by atoms with Gasteiger partial charge >= 0.3 is 12.5 Å². The number of thiazole rings is 1. The van der Waals surface area contributed by atoms with Crippen LogP contribution in [0.15, 0.2) is 59.6 Å². The van der Waals surface area contributed by atoms with E-state index in [-0.39, 0.29) is 30.3 Å². The molecule has 1 saturated heterocycles. The van der Waals surface area contributed by atoms with E-state index in [0.29, 0.717) is 51.5 Å². The van der Waals surface area contributed by atoms with E-state index in [0.717, 1.165) is 25.2 Å². The van der Waals surface area contributed by atoms with Crippen LogP contribution >= 0.6 is 22.9 Å². The number of carbonyl (C=O) groups excluding carboxylic acids is 1. The lowest BCUT2D eigenvalue weighted by atomic mass is 10.2. The third-order valence-electron chi connectivity index (χ3n) is 6.15. The van der Waals surface area contributed by atoms with Gasteiger partial charge in [-0.3, -0.25) is 4.79 Å². The van der Waals surface area contributed by atoms with E-state index >= 15 is 0 Å². The van der Waals surface area contributed by atoms with Gasteiger partial charge in [0, 0.05) is 38.3 Å². The lowest BCUT2D eigenvalue weighted by molar-refractivity contribution is -0.274. The van der Waals surface area contributed by atoms with E-state index in [4.69, 9.17) is 11.6 Å². The van der Waals surface area contributed by atoms with Crippen molar-refractivity contribution in [1.29, 1.82) is 0 Å². The van der Waals surface area contributed by atoms with Crippen LogP contribution in [0.4, 0.5) is 31.5 Å². The predicted octanol–water partition coefficient (Wildman–Crippen LogP) is 6.94. The summed E-state index contributed by atoms with van der Waals surface area (Å²) in [6.07, 6.45) is -5.99. The number of aromatic nitrogens is 3. The lowest BCUT2D eigenvalue weighted by Crippen LogP contribution is -2.48. The van der Waals surface area contributed by atoms with Crippen LogP contribution in [0.3, 0.4) is 0 Å². The van der Waals surface area contributed by atoms with Gasteiger partial charge in [0.2, 0.25) is 16.4 Å². The first kappa shape index (κ1) is 40.4. The normalized spacial score (nSPS) is 14.8. The molecule has 0 atom stereocenters. The summed E-state index contributed by atoms with van der Waals surface area (Å²) < 4.78 is 105. The van der Waals surface area contributed by atoms with Crippen LogP contribution in [-0.2, 0) is 21.4 Å². The molecule has 2 aromatic heterocycles. The largest absolute Gasteiger partial charge is 0.573 e. The van der Waals surface area contributed by atoms with Crippen molar-refractivity contribution in [3.05, 3.63) is 76.1 Å². The number of amides is 1. The standard InChI is InChI=1S/C18H19ClF3N5O2S2.C9H8F3NO2.C2H6/c1-4-13(6-5-11(2)18(20,21)22)31(28,29)27-9-7-26(8-10-27)17-25-16-14(30-17)15(19)23-12(3)24-16;10-9(11,12)15-8-3-1-7(2-4-8)5-13-6-14;1-2/h4-6H,1,7-10H2,2-3H3;1-4,6H,5H2,(H,13,14);1-2H3/b11-5+,13-6+;;. The number of nitrogens with one attached hydrogen (secondary N) is 1. The van der Waals surface area contributed by atoms with Crippen LogP contribution in [-0.4, -0.2) is 72.8 Å². The number of alkyl halides is 6. The summed E-state index contributed by atoms with van der Waals surface area (Å²) in [5.74, 6) is 0.223. The van der Waals surface area contributed by atoms with E-state index in [1.54, 1.807) is 6.92 Å². The number of hydrogen-bond donors (Lipinski definition) is 1. The Morgan fingerprint density at radius 3 is 2.17 bits per heavy atom. The number of nitrogens with zero attached hydrogens (tertiary/aromatic N) is 5. The summed E-state index contributed by atoms with van der Waals surface area (Å²) in [6.45, 7) is 11.3. The van der Waals surface area contributed by atoms with Gasteiger partial charge in [-0.15, -0.1) is 13.2 Å². The Morgan fingerprint density at radius 2 is 1.65 bits per heavy atom. The Morgan fingerprint density at radius 1 is 1.04 bits per heavy atom. The molecule has 3 aromatic rings. The van der Waals surface area contributed by atoms with Gasteiger partial charge in [0.25, 0.3) is 0 Å². The number of ether oxygens (including phenoxy) is 1. The zero-order chi connectivity index (χ0) is 36.3. The fourth-order valence-corrected chi connectivity index (χ4v) is 6.47. The maximum absolute atomic E-state index is 12.9. The number of halogens is 7. The fourth-order valence-electron chi connectivity index (χ4n) is 3.82. The number of anilines is 1. The maximum Gasteiger partial charge on any atom is 0.573 e. The summed E-state index contributed by atoms with van der Waals surface area (Å²) in [5, 5.41) is 3.35. The molecule has 19 heteroatoms. The van der Waals surface area contributed by atoms with E-state index < -0.39 is 28.1 Å². The molecule has 10 nitrogen and oxygen atoms in total. The third-order valence-corrected chi connectivity index (χ3v) is 9.59. The van der Waals surface area contributed by atoms with Crippen molar-refractivity contribution in [3.63, 3.8) is 0 Å². The van der Waals surface area contributed by atoms with Crippen LogP contribution in [0.25, 0.3) is 10.3 Å². The zero-order valence-corrected chi connectivity index (χ0v) is 28.6. The van der Waals surface area contributed by atoms with Crippen molar-refractivity contribution >= 4 is 54.8 Å². The minimum atomic E-state index is -4.68. The number of allylic oxidation sites excluding steroid dienone is 4. The highest BCUT2D eigenvalue weighted by Crippen LogP contribution is 2.33. The van der Waals surface area contributed by atoms with Gasteiger partial charge in [-0.2, -0.15) is 22.5 Å². The molecule has 0 spiro atoms. The quantitative estimate of drug-likeness (QED) is 0.109. The number of sulfonamides is 1. The number of carbonyl (C=O) groups is 1. The number of piperazine rings is 1. The third kappa shape index (κ3) is 11.7. The summed E-state index contributed by atoms with van der Waals surface area (Å²) in [7, 11) is -3.98. The first-order valence-corrected chi connectivity index (χ1v) is 16.7. The first-order chi connectivity index (χ1) is 22.4. The number of benzene rings is 1. The molecule has 3 heterocycles. The SMILES string of the molecule is C=C/C(=C\C=C(/C)C(F)(F)F)S(=O)(=O)N1CCN(c2nc3nc(C)nc(Cl)c3s2)CC1.CC.O=CNCc1ccc(OC(F)(F)F)cc1. The number of rotatable bonds is 9. The fraction of sp³-hybridized carbons (Fsp3) is 0.379. The highest BCUT2D eigenvalue weighted by molar-refractivity contribution is 7.93. The minimum absolute atomic E-state index is 0.143. The van der Waals surface area contributed by atoms with Crippen LogP contribution < -0.4 is 15.0 Å². The molecule has 0 bridgehead atoms. The molecule has 1 amide bonds. The molecule has 0 saturated carbocycles. The van der Waals surface area contributed by atoms with Gasteiger partial charge in [0.05, 0.1) is 4.91 Å². The Labute approximate surface area is 282 Å². The Balaban J connectivity index is 0.000000395. The van der Waals surface area contributed by atoms with E-state index in [1.807, 2.05) is 18.7 Å². The topological polar surface area (TPSA) is 118 Å². The first-order valence-electron chi connectivity index (χ1n) is 14.1. The molecule has 264 valence electrons. The van der Waals surface area contributed by atoms with Gasteiger partial charge in [-0.1, -0.05) is 61.6 Å². The molecule has 48 heavy (non-hydrogen) atoms. The summed E-state index contributed by atoms with van der Waals surface area (Å²) >= 11 is 7.47. The Hall–Kier alpha value is -3.74. The van der Waals surface area contributed by atoms with Crippen LogP contribution in [0.5, 0.6) is 5.75 Å². The second kappa shape index (κ2) is 17.6. The number of hydrogen-bond acceptors (Lipinski definition) is 9. The van der Waals surface area contributed by atoms with Crippen molar-refractivity contribution in [2.45, 2.75) is 46.8 Å². The molecule has 1 fully saturated rings. The van der Waals surface area contributed by atoms with Gasteiger partial charge < -0.3 is 15.0 Å². The summed E-state index contributed by atoms with van der Waals surface area (Å²) in [4.78, 5) is 24.4. The number of aryl methyl sites for hydroxylation is 1. The number of fused-ring (bicyclic) bond motifs is 1. The van der Waals surface area contributed by atoms with Crippen LogP contribution in [0.1, 0.15) is 32.2 Å². The maximum atomic E-state index is 12.9. The minimum Gasteiger partial charge on any atom is -0.406 e. The highest BCUT2D eigenvalue weighted by atomic mass is 35.5. The van der Waals surface area contributed by atoms with E-state index in [9.17, 15) is 39.6 Å². The van der Waals surface area contributed by atoms with E-state index in [2.05, 4.69) is 31.6 Å². The van der Waals surface area contributed by atoms with Crippen LogP contribution in [0.2, 0.25) is 5.15 Å². The zero-order valence-electron chi connectivity index (χ0n) is 26.2. The summed E-state index contributed by atoms with van der Waals surface area (Å²) in [6, 6.07) is 5.26. The Kier molecular flexibility index (Phi) is 14.8. The average Bonchev–Trinajstić information content (AvgIpc) is 3.45. The van der Waals surface area contributed by atoms with Gasteiger partial charge in [0.15, 0.2) is 15.9 Å². The van der Waals surface area contributed by atoms with E-state index in [1.165, 1.54) is 39.9 Å². The molecule has 1 aromatic carbocycles. The van der Waals surface area contributed by atoms with Crippen molar-refractivity contribution in [2.24, 2.45) is 0 Å². The second-order valence-corrected chi connectivity index (χ2v) is 12.7. The second-order valence-electron chi connectivity index (χ2n) is 9.41. The summed E-state index contributed by atoms with van der Waals surface area (Å²) in [5.41, 5.74) is 0.271.